The summed E-state index contributed by atoms with van der Waals surface area (Å²) in [7, 11) is -1.52. The molecular weight excluding hydrogens is 458 g/mol. The lowest BCUT2D eigenvalue weighted by Gasteiger charge is -2.54. The van der Waals surface area contributed by atoms with E-state index in [9.17, 15) is 19.2 Å². The summed E-state index contributed by atoms with van der Waals surface area (Å²) in [4.78, 5) is 49.6. The highest BCUT2D eigenvalue weighted by Gasteiger charge is 2.57. The van der Waals surface area contributed by atoms with E-state index in [0.29, 0.717) is 0 Å². The molecule has 10 nitrogen and oxygen atoms in total. The standard InChI is InChI=1S/C23H39N3O7Si/c1-9-11-31-20(29)24-14-16(26-21(30)32-12-10-2)17(27)13-15-18(19(28)25-15)23(6,22(3,4)5)33-34(7)8/h9-10,15-16,18,34H,1-2,11-14H2,3-8H3,(H,24,29)(H,25,28)(H,26,30)/t15-,16-,18-,23-/m1/s1. The zero-order valence-electron chi connectivity index (χ0n) is 21.1. The van der Waals surface area contributed by atoms with Gasteiger partial charge in [-0.05, 0) is 25.4 Å². The lowest BCUT2D eigenvalue weighted by Crippen LogP contribution is -2.71. The third-order valence-electron chi connectivity index (χ3n) is 5.79. The molecule has 3 N–H and O–H groups in total. The Balaban J connectivity index is 3.00. The highest BCUT2D eigenvalue weighted by atomic mass is 28.3. The predicted octanol–water partition coefficient (Wildman–Crippen LogP) is 2.06. The smallest absolute Gasteiger partial charge is 0.408 e. The van der Waals surface area contributed by atoms with Crippen LogP contribution < -0.4 is 16.0 Å². The number of Topliss-reactive ketones (excluding diaryl/α,β-unsaturated/α-hetero) is 1. The molecule has 0 aromatic carbocycles. The first-order valence-electron chi connectivity index (χ1n) is 11.3. The minimum Gasteiger partial charge on any atom is -0.445 e. The molecule has 0 unspecified atom stereocenters. The molecule has 1 aliphatic heterocycles. The van der Waals surface area contributed by atoms with Crippen LogP contribution in [-0.4, -0.2) is 70.4 Å². The molecular formula is C23H39N3O7Si. The van der Waals surface area contributed by atoms with E-state index in [1.165, 1.54) is 12.2 Å². The van der Waals surface area contributed by atoms with Crippen molar-refractivity contribution in [2.24, 2.45) is 11.3 Å². The summed E-state index contributed by atoms with van der Waals surface area (Å²) in [5.74, 6) is -1.09. The molecule has 0 aliphatic carbocycles. The van der Waals surface area contributed by atoms with Gasteiger partial charge in [-0.25, -0.2) is 9.59 Å². The molecule has 0 aromatic rings. The average molecular weight is 498 g/mol. The lowest BCUT2D eigenvalue weighted by atomic mass is 9.63. The molecule has 3 amide bonds. The Morgan fingerprint density at radius 1 is 1.09 bits per heavy atom. The molecule has 34 heavy (non-hydrogen) atoms. The van der Waals surface area contributed by atoms with Crippen molar-refractivity contribution in [2.45, 2.75) is 64.9 Å². The molecule has 0 radical (unpaired) electrons. The van der Waals surface area contributed by atoms with Gasteiger partial charge in [0.25, 0.3) is 0 Å². The predicted molar refractivity (Wildman–Crippen MR) is 131 cm³/mol. The van der Waals surface area contributed by atoms with Gasteiger partial charge in [-0.3, -0.25) is 9.59 Å². The fraction of sp³-hybridized carbons (Fsp3) is 0.652. The van der Waals surface area contributed by atoms with Crippen LogP contribution in [0.2, 0.25) is 13.1 Å². The van der Waals surface area contributed by atoms with E-state index in [2.05, 4.69) is 29.1 Å². The fourth-order valence-corrected chi connectivity index (χ4v) is 5.22. The number of rotatable bonds is 13. The summed E-state index contributed by atoms with van der Waals surface area (Å²) in [6.45, 7) is 18.7. The highest BCUT2D eigenvalue weighted by molar-refractivity contribution is 6.48. The number of nitrogens with one attached hydrogen (secondary N) is 3. The molecule has 4 atom stereocenters. The Morgan fingerprint density at radius 2 is 1.65 bits per heavy atom. The van der Waals surface area contributed by atoms with Gasteiger partial charge in [-0.1, -0.05) is 46.1 Å². The van der Waals surface area contributed by atoms with Gasteiger partial charge < -0.3 is 29.9 Å². The van der Waals surface area contributed by atoms with Crippen molar-refractivity contribution in [3.8, 4) is 0 Å². The summed E-state index contributed by atoms with van der Waals surface area (Å²) in [5.41, 5.74) is -1.14. The summed E-state index contributed by atoms with van der Waals surface area (Å²) >= 11 is 0. The van der Waals surface area contributed by atoms with Gasteiger partial charge in [0.1, 0.15) is 19.3 Å². The molecule has 0 aromatic heterocycles. The SMILES string of the molecule is C=CCOC(=O)NC[C@@H](NC(=O)OCC=C)C(=O)C[C@H]1NC(=O)[C@@H]1[C@@](C)(O[SiH](C)C)C(C)(C)C. The lowest BCUT2D eigenvalue weighted by molar-refractivity contribution is -0.160. The van der Waals surface area contributed by atoms with Crippen molar-refractivity contribution in [3.05, 3.63) is 25.3 Å². The van der Waals surface area contributed by atoms with Crippen molar-refractivity contribution in [1.82, 2.24) is 16.0 Å². The van der Waals surface area contributed by atoms with Crippen LogP contribution in [0, 0.1) is 11.3 Å². The fourth-order valence-electron chi connectivity index (χ4n) is 3.75. The second-order valence-corrected chi connectivity index (χ2v) is 12.0. The van der Waals surface area contributed by atoms with Crippen molar-refractivity contribution in [3.63, 3.8) is 0 Å². The number of alkyl carbamates (subject to hydrolysis) is 2. The summed E-state index contributed by atoms with van der Waals surface area (Å²) in [6.07, 6.45) is 1.15. The first kappa shape index (κ1) is 29.4. The van der Waals surface area contributed by atoms with Crippen LogP contribution in [0.4, 0.5) is 9.59 Å². The molecule has 0 saturated carbocycles. The van der Waals surface area contributed by atoms with Gasteiger partial charge >= 0.3 is 12.2 Å². The van der Waals surface area contributed by atoms with Crippen LogP contribution in [0.3, 0.4) is 0 Å². The molecule has 1 saturated heterocycles. The van der Waals surface area contributed by atoms with Crippen LogP contribution in [0.5, 0.6) is 0 Å². The van der Waals surface area contributed by atoms with Crippen LogP contribution >= 0.6 is 0 Å². The van der Waals surface area contributed by atoms with Crippen molar-refractivity contribution in [1.29, 1.82) is 0 Å². The Bertz CT molecular complexity index is 781. The zero-order valence-corrected chi connectivity index (χ0v) is 22.2. The Kier molecular flexibility index (Phi) is 11.0. The van der Waals surface area contributed by atoms with Crippen LogP contribution in [0.15, 0.2) is 25.3 Å². The quantitative estimate of drug-likeness (QED) is 0.202. The summed E-state index contributed by atoms with van der Waals surface area (Å²) in [5, 5.41) is 7.71. The zero-order chi connectivity index (χ0) is 26.1. The molecule has 0 bridgehead atoms. The van der Waals surface area contributed by atoms with Gasteiger partial charge in [0, 0.05) is 13.0 Å². The van der Waals surface area contributed by atoms with E-state index in [1.807, 2.05) is 40.8 Å². The second kappa shape index (κ2) is 12.7. The number of ketones is 1. The van der Waals surface area contributed by atoms with Gasteiger partial charge in [0.15, 0.2) is 14.8 Å². The normalized spacial score (nSPS) is 20.1. The third kappa shape index (κ3) is 7.98. The topological polar surface area (TPSA) is 132 Å². The molecule has 192 valence electrons. The maximum absolute atomic E-state index is 13.2. The van der Waals surface area contributed by atoms with Crippen molar-refractivity contribution in [2.75, 3.05) is 19.8 Å². The van der Waals surface area contributed by atoms with Crippen LogP contribution in [0.1, 0.15) is 34.1 Å². The minimum absolute atomic E-state index is 0.000409. The molecule has 0 spiro atoms. The van der Waals surface area contributed by atoms with E-state index >= 15 is 0 Å². The second-order valence-electron chi connectivity index (χ2n) is 9.64. The number of hydrogen-bond donors (Lipinski definition) is 3. The first-order valence-corrected chi connectivity index (χ1v) is 14.1. The Morgan fingerprint density at radius 3 is 2.12 bits per heavy atom. The van der Waals surface area contributed by atoms with Crippen molar-refractivity contribution >= 4 is 32.9 Å². The molecule has 11 heteroatoms. The van der Waals surface area contributed by atoms with Crippen LogP contribution in [0.25, 0.3) is 0 Å². The van der Waals surface area contributed by atoms with Gasteiger partial charge in [-0.2, -0.15) is 0 Å². The number of amides is 3. The minimum atomic E-state index is -1.52. The molecule has 1 aliphatic rings. The summed E-state index contributed by atoms with van der Waals surface area (Å²) < 4.78 is 16.1. The number of carbonyl (C=O) groups is 4. The van der Waals surface area contributed by atoms with Crippen LogP contribution in [-0.2, 0) is 23.5 Å². The van der Waals surface area contributed by atoms with E-state index in [0.717, 1.165) is 0 Å². The number of β-lactam (4-membered cyclic amide) rings is 1. The highest BCUT2D eigenvalue weighted by Crippen LogP contribution is 2.45. The Hall–Kier alpha value is -2.66. The van der Waals surface area contributed by atoms with E-state index in [-0.39, 0.29) is 43.3 Å². The number of ether oxygens (including phenoxy) is 2. The summed E-state index contributed by atoms with van der Waals surface area (Å²) in [6, 6.07) is -1.56. The first-order chi connectivity index (χ1) is 15.8. The van der Waals surface area contributed by atoms with Crippen molar-refractivity contribution < 1.29 is 33.1 Å². The number of carbonyl (C=O) groups excluding carboxylic acids is 4. The van der Waals surface area contributed by atoms with Gasteiger partial charge in [0.05, 0.1) is 17.6 Å². The molecule has 1 fully saturated rings. The average Bonchev–Trinajstić information content (AvgIpc) is 2.71. The number of hydrogen-bond acceptors (Lipinski definition) is 7. The molecule has 1 rings (SSSR count). The maximum Gasteiger partial charge on any atom is 0.408 e. The van der Waals surface area contributed by atoms with Gasteiger partial charge in [0.2, 0.25) is 5.91 Å². The monoisotopic (exact) mass is 497 g/mol. The van der Waals surface area contributed by atoms with E-state index in [1.54, 1.807) is 0 Å². The van der Waals surface area contributed by atoms with E-state index < -0.39 is 44.8 Å². The molecule has 1 heterocycles. The van der Waals surface area contributed by atoms with Gasteiger partial charge in [-0.15, -0.1) is 0 Å². The maximum atomic E-state index is 13.2. The largest absolute Gasteiger partial charge is 0.445 e. The van der Waals surface area contributed by atoms with E-state index in [4.69, 9.17) is 13.9 Å². The Labute approximate surface area is 203 Å². The third-order valence-corrected chi connectivity index (χ3v) is 6.75.